The molecule has 2 heteroatoms. The Balaban J connectivity index is 2.32. The fourth-order valence-electron chi connectivity index (χ4n) is 0.241. The van der Waals surface area contributed by atoms with Gasteiger partial charge >= 0.3 is 37.1 Å². The second-order valence-corrected chi connectivity index (χ2v) is 2.63. The quantitative estimate of drug-likeness (QED) is 0.464. The summed E-state index contributed by atoms with van der Waals surface area (Å²) < 4.78 is 3.10. The Kier molecular flexibility index (Phi) is 0.967. The molecule has 0 fully saturated rings. The van der Waals surface area contributed by atoms with Gasteiger partial charge in [-0.3, -0.25) is 0 Å². The molecule has 0 aromatic rings. The molecule has 0 aromatic heterocycles. The van der Waals surface area contributed by atoms with Crippen LogP contribution in [-0.4, -0.2) is 15.2 Å². The van der Waals surface area contributed by atoms with Crippen molar-refractivity contribution in [3.63, 3.8) is 0 Å². The van der Waals surface area contributed by atoms with Gasteiger partial charge in [-0.2, -0.15) is 0 Å². The van der Waals surface area contributed by atoms with Crippen LogP contribution in [0.5, 0.6) is 0 Å². The van der Waals surface area contributed by atoms with Gasteiger partial charge in [-0.1, -0.05) is 0 Å². The van der Waals surface area contributed by atoms with Crippen molar-refractivity contribution in [1.82, 2.24) is 4.33 Å². The Morgan fingerprint density at radius 1 is 1.80 bits per heavy atom. The van der Waals surface area contributed by atoms with Crippen LogP contribution < -0.4 is 4.33 Å². The summed E-state index contributed by atoms with van der Waals surface area (Å²) in [6.07, 6.45) is 4.17. The maximum absolute atomic E-state index is 3.10. The molecule has 1 N–H and O–H groups in total. The number of hydrogen-bond acceptors (Lipinski definition) is 1. The molecule has 1 heterocycles. The topological polar surface area (TPSA) is 12.0 Å². The van der Waals surface area contributed by atoms with E-state index in [1.54, 1.807) is 0 Å². The summed E-state index contributed by atoms with van der Waals surface area (Å²) in [5.41, 5.74) is 0. The number of allylic oxidation sites excluding steroid dienone is 1. The molecule has 0 spiro atoms. The molecule has 1 nitrogen and oxygen atoms in total. The number of rotatable bonds is 0. The third-order valence-electron chi connectivity index (χ3n) is 0.449. The zero-order valence-corrected chi connectivity index (χ0v) is 4.48. The average Bonchev–Trinajstić information content (AvgIpc) is 1.76. The molecule has 0 aromatic carbocycles. The molecular formula is C3H5NSe. The standard InChI is InChI=1S/C3H5NSe/c1-2-4-5-3-1/h1-2,4H,3H2. The first kappa shape index (κ1) is 3.26. The number of nitrogens with one attached hydrogen (secondary N) is 1. The first-order valence-corrected chi connectivity index (χ1v) is 3.59. The van der Waals surface area contributed by atoms with E-state index in [0.29, 0.717) is 15.2 Å². The van der Waals surface area contributed by atoms with Crippen molar-refractivity contribution < 1.29 is 0 Å². The molecular weight excluding hydrogens is 129 g/mol. The van der Waals surface area contributed by atoms with Crippen LogP contribution in [0.25, 0.3) is 0 Å². The van der Waals surface area contributed by atoms with Crippen molar-refractivity contribution in [3.8, 4) is 0 Å². The minimum absolute atomic E-state index is 0.708. The van der Waals surface area contributed by atoms with Gasteiger partial charge in [-0.05, 0) is 0 Å². The normalized spacial score (nSPS) is 19.2. The van der Waals surface area contributed by atoms with E-state index in [1.165, 1.54) is 5.32 Å². The van der Waals surface area contributed by atoms with Gasteiger partial charge in [0.25, 0.3) is 0 Å². The van der Waals surface area contributed by atoms with Crippen molar-refractivity contribution in [3.05, 3.63) is 12.3 Å². The van der Waals surface area contributed by atoms with Crippen molar-refractivity contribution in [2.45, 2.75) is 5.32 Å². The van der Waals surface area contributed by atoms with Gasteiger partial charge in [0.2, 0.25) is 0 Å². The molecule has 0 amide bonds. The molecule has 1 rings (SSSR count). The Labute approximate surface area is 37.8 Å². The van der Waals surface area contributed by atoms with Gasteiger partial charge in [0.15, 0.2) is 0 Å². The molecule has 0 aliphatic carbocycles. The van der Waals surface area contributed by atoms with Crippen LogP contribution in [0.15, 0.2) is 12.3 Å². The van der Waals surface area contributed by atoms with E-state index in [0.717, 1.165) is 0 Å². The van der Waals surface area contributed by atoms with Gasteiger partial charge in [-0.25, -0.2) is 0 Å². The molecule has 0 bridgehead atoms. The van der Waals surface area contributed by atoms with E-state index in [9.17, 15) is 0 Å². The zero-order chi connectivity index (χ0) is 3.54. The first-order chi connectivity index (χ1) is 2.50. The fourth-order valence-corrected chi connectivity index (χ4v) is 1.25. The molecule has 0 radical (unpaired) electrons. The third-order valence-corrected chi connectivity index (χ3v) is 1.84. The van der Waals surface area contributed by atoms with Crippen LogP contribution in [0.2, 0.25) is 5.32 Å². The van der Waals surface area contributed by atoms with Crippen molar-refractivity contribution in [2.24, 2.45) is 0 Å². The molecule has 1 aliphatic heterocycles. The molecule has 0 atom stereocenters. The summed E-state index contributed by atoms with van der Waals surface area (Å²) in [6.45, 7) is 0. The van der Waals surface area contributed by atoms with Crippen LogP contribution in [0.4, 0.5) is 0 Å². The van der Waals surface area contributed by atoms with E-state index in [2.05, 4.69) is 10.4 Å². The average molecular weight is 134 g/mol. The SMILES string of the molecule is C1=CN[Se]C1. The second-order valence-electron chi connectivity index (χ2n) is 0.831. The summed E-state index contributed by atoms with van der Waals surface area (Å²) >= 11 is 0.708. The van der Waals surface area contributed by atoms with Crippen molar-refractivity contribution in [1.29, 1.82) is 0 Å². The van der Waals surface area contributed by atoms with Gasteiger partial charge in [0.05, 0.1) is 0 Å². The number of hydrogen-bond donors (Lipinski definition) is 1. The van der Waals surface area contributed by atoms with E-state index < -0.39 is 0 Å². The Hall–Kier alpha value is 0.0595. The van der Waals surface area contributed by atoms with Gasteiger partial charge in [0, 0.05) is 0 Å². The van der Waals surface area contributed by atoms with E-state index >= 15 is 0 Å². The Morgan fingerprint density at radius 2 is 2.80 bits per heavy atom. The first-order valence-electron chi connectivity index (χ1n) is 1.52. The van der Waals surface area contributed by atoms with E-state index in [-0.39, 0.29) is 0 Å². The van der Waals surface area contributed by atoms with Gasteiger partial charge < -0.3 is 0 Å². The van der Waals surface area contributed by atoms with Crippen LogP contribution in [0.3, 0.4) is 0 Å². The second kappa shape index (κ2) is 1.48. The molecule has 28 valence electrons. The Bertz CT molecular complexity index is 44.9. The zero-order valence-electron chi connectivity index (χ0n) is 2.77. The fraction of sp³-hybridized carbons (Fsp3) is 0.333. The van der Waals surface area contributed by atoms with Gasteiger partial charge in [0.1, 0.15) is 0 Å². The van der Waals surface area contributed by atoms with Crippen LogP contribution >= 0.6 is 0 Å². The summed E-state index contributed by atoms with van der Waals surface area (Å²) in [4.78, 5) is 0. The monoisotopic (exact) mass is 135 g/mol. The van der Waals surface area contributed by atoms with Crippen molar-refractivity contribution >= 4 is 15.2 Å². The predicted octanol–water partition coefficient (Wildman–Crippen LogP) is 0.141. The Morgan fingerprint density at radius 3 is 3.00 bits per heavy atom. The molecule has 0 saturated heterocycles. The predicted molar refractivity (Wildman–Crippen MR) is 22.8 cm³/mol. The summed E-state index contributed by atoms with van der Waals surface area (Å²) in [7, 11) is 0. The van der Waals surface area contributed by atoms with Gasteiger partial charge in [-0.15, -0.1) is 0 Å². The molecule has 0 saturated carbocycles. The van der Waals surface area contributed by atoms with Crippen molar-refractivity contribution in [2.75, 3.05) is 0 Å². The molecule has 0 unspecified atom stereocenters. The summed E-state index contributed by atoms with van der Waals surface area (Å²) in [5, 5.41) is 1.27. The van der Waals surface area contributed by atoms with E-state index in [1.807, 2.05) is 6.20 Å². The summed E-state index contributed by atoms with van der Waals surface area (Å²) in [6, 6.07) is 0. The van der Waals surface area contributed by atoms with Crippen LogP contribution in [0, 0.1) is 0 Å². The minimum atomic E-state index is 0.708. The van der Waals surface area contributed by atoms with Crippen LogP contribution in [0.1, 0.15) is 0 Å². The van der Waals surface area contributed by atoms with Crippen LogP contribution in [-0.2, 0) is 0 Å². The maximum atomic E-state index is 3.10. The summed E-state index contributed by atoms with van der Waals surface area (Å²) in [5.74, 6) is 0. The molecule has 5 heavy (non-hydrogen) atoms. The van der Waals surface area contributed by atoms with E-state index in [4.69, 9.17) is 0 Å². The molecule has 1 aliphatic rings. The third kappa shape index (κ3) is 0.673.